The summed E-state index contributed by atoms with van der Waals surface area (Å²) in [5.41, 5.74) is 6.09. The molecule has 17 heavy (non-hydrogen) atoms. The first-order chi connectivity index (χ1) is 8.36. The summed E-state index contributed by atoms with van der Waals surface area (Å²) in [6, 6.07) is 0. The van der Waals surface area contributed by atoms with Gasteiger partial charge in [0, 0.05) is 6.54 Å². The molecule has 0 saturated carbocycles. The lowest BCUT2D eigenvalue weighted by Gasteiger charge is -2.07. The molecular weight excluding hydrogens is 224 g/mol. The van der Waals surface area contributed by atoms with Crippen LogP contribution in [-0.2, 0) is 4.74 Å². The molecule has 0 radical (unpaired) electrons. The number of ether oxygens (including phenoxy) is 1. The summed E-state index contributed by atoms with van der Waals surface area (Å²) in [7, 11) is 0. The molecule has 0 aromatic carbocycles. The molecule has 2 aromatic rings. The standard InChI is InChI=1S/C9H12N6O2/c10-3-5-1-2-7(16-5)9-12-8(14-17-9)6-4-11-15-13-6/h4-5,7H,1-3,10H2,(H,11,13,15). The fraction of sp³-hybridized carbons (Fsp3) is 0.556. The van der Waals surface area contributed by atoms with E-state index in [-0.39, 0.29) is 12.2 Å². The smallest absolute Gasteiger partial charge is 0.256 e. The fourth-order valence-electron chi connectivity index (χ4n) is 1.84. The second-order valence-electron chi connectivity index (χ2n) is 3.87. The van der Waals surface area contributed by atoms with Crippen LogP contribution in [-0.4, -0.2) is 38.2 Å². The van der Waals surface area contributed by atoms with Crippen LogP contribution in [0.1, 0.15) is 24.8 Å². The second-order valence-corrected chi connectivity index (χ2v) is 3.87. The Morgan fingerprint density at radius 3 is 3.12 bits per heavy atom. The first kappa shape index (κ1) is 10.4. The van der Waals surface area contributed by atoms with Crippen molar-refractivity contribution in [2.75, 3.05) is 6.54 Å². The van der Waals surface area contributed by atoms with Crippen molar-refractivity contribution in [2.24, 2.45) is 5.73 Å². The predicted molar refractivity (Wildman–Crippen MR) is 55.6 cm³/mol. The van der Waals surface area contributed by atoms with Gasteiger partial charge in [0.15, 0.2) is 5.69 Å². The monoisotopic (exact) mass is 236 g/mol. The highest BCUT2D eigenvalue weighted by Crippen LogP contribution is 2.31. The van der Waals surface area contributed by atoms with Gasteiger partial charge in [-0.1, -0.05) is 5.16 Å². The zero-order valence-corrected chi connectivity index (χ0v) is 9.04. The third kappa shape index (κ3) is 1.92. The minimum atomic E-state index is -0.156. The minimum Gasteiger partial charge on any atom is -0.364 e. The van der Waals surface area contributed by atoms with Gasteiger partial charge in [-0.15, -0.1) is 0 Å². The summed E-state index contributed by atoms with van der Waals surface area (Å²) in [4.78, 5) is 4.24. The zero-order chi connectivity index (χ0) is 11.7. The molecule has 0 amide bonds. The Morgan fingerprint density at radius 1 is 1.47 bits per heavy atom. The topological polar surface area (TPSA) is 116 Å². The molecule has 3 rings (SSSR count). The number of aromatic nitrogens is 5. The lowest BCUT2D eigenvalue weighted by atomic mass is 10.2. The van der Waals surface area contributed by atoms with E-state index in [1.54, 1.807) is 0 Å². The Morgan fingerprint density at radius 2 is 2.41 bits per heavy atom. The highest BCUT2D eigenvalue weighted by Gasteiger charge is 2.30. The summed E-state index contributed by atoms with van der Waals surface area (Å²) in [6.45, 7) is 0.515. The van der Waals surface area contributed by atoms with Crippen molar-refractivity contribution in [1.82, 2.24) is 25.6 Å². The molecule has 1 aliphatic heterocycles. The van der Waals surface area contributed by atoms with Crippen LogP contribution in [0.4, 0.5) is 0 Å². The summed E-state index contributed by atoms with van der Waals surface area (Å²) >= 11 is 0. The molecule has 8 nitrogen and oxygen atoms in total. The maximum atomic E-state index is 5.66. The number of H-pyrrole nitrogens is 1. The first-order valence-electron chi connectivity index (χ1n) is 5.42. The van der Waals surface area contributed by atoms with Crippen LogP contribution in [0, 0.1) is 0 Å². The molecule has 2 unspecified atom stereocenters. The first-order valence-corrected chi connectivity index (χ1v) is 5.42. The van der Waals surface area contributed by atoms with Crippen LogP contribution < -0.4 is 5.73 Å². The van der Waals surface area contributed by atoms with E-state index in [4.69, 9.17) is 15.0 Å². The SMILES string of the molecule is NCC1CCC(c2nc(-c3cn[nH]n3)no2)O1. The Hall–Kier alpha value is -1.80. The van der Waals surface area contributed by atoms with Crippen LogP contribution in [0.5, 0.6) is 0 Å². The van der Waals surface area contributed by atoms with Gasteiger partial charge in [0.2, 0.25) is 5.82 Å². The van der Waals surface area contributed by atoms with Crippen LogP contribution in [0.3, 0.4) is 0 Å². The molecule has 1 fully saturated rings. The number of nitrogens with zero attached hydrogens (tertiary/aromatic N) is 4. The van der Waals surface area contributed by atoms with Crippen molar-refractivity contribution in [3.05, 3.63) is 12.1 Å². The molecule has 2 aromatic heterocycles. The molecule has 3 heterocycles. The highest BCUT2D eigenvalue weighted by molar-refractivity contribution is 5.44. The largest absolute Gasteiger partial charge is 0.364 e. The van der Waals surface area contributed by atoms with E-state index in [1.807, 2.05) is 0 Å². The normalized spacial score (nSPS) is 24.3. The van der Waals surface area contributed by atoms with Gasteiger partial charge in [-0.3, -0.25) is 0 Å². The van der Waals surface area contributed by atoms with Crippen LogP contribution >= 0.6 is 0 Å². The van der Waals surface area contributed by atoms with Gasteiger partial charge < -0.3 is 15.0 Å². The summed E-state index contributed by atoms with van der Waals surface area (Å²) in [5.74, 6) is 0.882. The number of aromatic amines is 1. The van der Waals surface area contributed by atoms with Gasteiger partial charge in [-0.05, 0) is 12.8 Å². The molecular formula is C9H12N6O2. The minimum absolute atomic E-state index is 0.0856. The quantitative estimate of drug-likeness (QED) is 0.772. The van der Waals surface area contributed by atoms with Crippen LogP contribution in [0.25, 0.3) is 11.5 Å². The number of nitrogens with two attached hydrogens (primary N) is 1. The van der Waals surface area contributed by atoms with Crippen molar-refractivity contribution >= 4 is 0 Å². The summed E-state index contributed by atoms with van der Waals surface area (Å²) in [6.07, 6.45) is 3.23. The maximum Gasteiger partial charge on any atom is 0.256 e. The van der Waals surface area contributed by atoms with Crippen molar-refractivity contribution in [2.45, 2.75) is 25.0 Å². The fourth-order valence-corrected chi connectivity index (χ4v) is 1.84. The van der Waals surface area contributed by atoms with E-state index in [0.717, 1.165) is 12.8 Å². The van der Waals surface area contributed by atoms with Gasteiger partial charge in [0.05, 0.1) is 12.3 Å². The molecule has 90 valence electrons. The maximum absolute atomic E-state index is 5.66. The van der Waals surface area contributed by atoms with E-state index in [0.29, 0.717) is 24.0 Å². The van der Waals surface area contributed by atoms with Crippen LogP contribution in [0.2, 0.25) is 0 Å². The molecule has 1 aliphatic rings. The Balaban J connectivity index is 1.77. The van der Waals surface area contributed by atoms with E-state index < -0.39 is 0 Å². The third-order valence-corrected chi connectivity index (χ3v) is 2.73. The second kappa shape index (κ2) is 4.22. The zero-order valence-electron chi connectivity index (χ0n) is 9.04. The van der Waals surface area contributed by atoms with Crippen molar-refractivity contribution in [3.63, 3.8) is 0 Å². The van der Waals surface area contributed by atoms with E-state index in [9.17, 15) is 0 Å². The Bertz CT molecular complexity index is 481. The van der Waals surface area contributed by atoms with Crippen molar-refractivity contribution in [1.29, 1.82) is 0 Å². The van der Waals surface area contributed by atoms with Gasteiger partial charge in [0.1, 0.15) is 6.10 Å². The molecule has 3 N–H and O–H groups in total. The van der Waals surface area contributed by atoms with Crippen molar-refractivity contribution in [3.8, 4) is 11.5 Å². The number of hydrogen-bond donors (Lipinski definition) is 2. The molecule has 8 heteroatoms. The molecule has 0 spiro atoms. The van der Waals surface area contributed by atoms with Gasteiger partial charge >= 0.3 is 0 Å². The predicted octanol–water partition coefficient (Wildman–Crippen LogP) is 0.0335. The van der Waals surface area contributed by atoms with Gasteiger partial charge in [-0.2, -0.15) is 20.4 Å². The lowest BCUT2D eigenvalue weighted by Crippen LogP contribution is -2.18. The van der Waals surface area contributed by atoms with Gasteiger partial charge in [-0.25, -0.2) is 0 Å². The average Bonchev–Trinajstić information content (AvgIpc) is 3.09. The van der Waals surface area contributed by atoms with E-state index in [1.165, 1.54) is 6.20 Å². The summed E-state index contributed by atoms with van der Waals surface area (Å²) < 4.78 is 10.8. The highest BCUT2D eigenvalue weighted by atomic mass is 16.5. The van der Waals surface area contributed by atoms with Crippen molar-refractivity contribution < 1.29 is 9.26 Å². The number of rotatable bonds is 3. The lowest BCUT2D eigenvalue weighted by molar-refractivity contribution is 0.0307. The molecule has 0 bridgehead atoms. The Kier molecular flexibility index (Phi) is 2.57. The number of nitrogens with one attached hydrogen (secondary N) is 1. The van der Waals surface area contributed by atoms with E-state index >= 15 is 0 Å². The molecule has 0 aliphatic carbocycles. The van der Waals surface area contributed by atoms with Crippen LogP contribution in [0.15, 0.2) is 10.7 Å². The molecule has 1 saturated heterocycles. The summed E-state index contributed by atoms with van der Waals surface area (Å²) in [5, 5.41) is 13.9. The number of hydrogen-bond acceptors (Lipinski definition) is 7. The van der Waals surface area contributed by atoms with Gasteiger partial charge in [0.25, 0.3) is 5.89 Å². The Labute approximate surface area is 96.5 Å². The average molecular weight is 236 g/mol. The van der Waals surface area contributed by atoms with E-state index in [2.05, 4.69) is 25.6 Å². The molecule has 2 atom stereocenters. The third-order valence-electron chi connectivity index (χ3n) is 2.73.